The Morgan fingerprint density at radius 1 is 1.36 bits per heavy atom. The Morgan fingerprint density at radius 3 is 2.91 bits per heavy atom. The van der Waals surface area contributed by atoms with Gasteiger partial charge in [-0.1, -0.05) is 23.7 Å². The van der Waals surface area contributed by atoms with Crippen molar-refractivity contribution in [2.75, 3.05) is 13.7 Å². The molecule has 3 rings (SSSR count). The number of methoxy groups -OCH3 is 1. The van der Waals surface area contributed by atoms with Gasteiger partial charge in [0.2, 0.25) is 0 Å². The van der Waals surface area contributed by atoms with Gasteiger partial charge < -0.3 is 14.6 Å². The lowest BCUT2D eigenvalue weighted by Crippen LogP contribution is -2.07. The molecule has 0 bridgehead atoms. The van der Waals surface area contributed by atoms with Gasteiger partial charge >= 0.3 is 5.97 Å². The van der Waals surface area contributed by atoms with E-state index in [1.165, 1.54) is 7.11 Å². The van der Waals surface area contributed by atoms with Crippen LogP contribution in [0.2, 0.25) is 5.02 Å². The fourth-order valence-electron chi connectivity index (χ4n) is 2.66. The first-order valence-electron chi connectivity index (χ1n) is 6.91. The van der Waals surface area contributed by atoms with Gasteiger partial charge in [0.15, 0.2) is 0 Å². The summed E-state index contributed by atoms with van der Waals surface area (Å²) in [6.45, 7) is 0.537. The van der Waals surface area contributed by atoms with Crippen LogP contribution in [0.4, 0.5) is 0 Å². The summed E-state index contributed by atoms with van der Waals surface area (Å²) in [4.78, 5) is 11.8. The van der Waals surface area contributed by atoms with Gasteiger partial charge in [0.1, 0.15) is 11.9 Å². The van der Waals surface area contributed by atoms with Gasteiger partial charge in [-0.15, -0.1) is 0 Å². The van der Waals surface area contributed by atoms with Gasteiger partial charge in [-0.25, -0.2) is 4.79 Å². The lowest BCUT2D eigenvalue weighted by Gasteiger charge is -2.16. The van der Waals surface area contributed by atoms with E-state index in [2.05, 4.69) is 0 Å². The number of aliphatic hydroxyl groups excluding tert-OH is 1. The Bertz CT molecular complexity index is 727. The quantitative estimate of drug-likeness (QED) is 0.883. The first kappa shape index (κ1) is 14.9. The zero-order valence-electron chi connectivity index (χ0n) is 12.0. The first-order chi connectivity index (χ1) is 10.6. The summed E-state index contributed by atoms with van der Waals surface area (Å²) in [7, 11) is 1.32. The van der Waals surface area contributed by atoms with Crippen LogP contribution < -0.4 is 4.74 Å². The molecular formula is C17H15ClO4. The van der Waals surface area contributed by atoms with Gasteiger partial charge in [0.05, 0.1) is 19.3 Å². The van der Waals surface area contributed by atoms with Crippen LogP contribution in [0.1, 0.15) is 33.2 Å². The molecule has 4 nitrogen and oxygen atoms in total. The number of hydrogen-bond acceptors (Lipinski definition) is 4. The van der Waals surface area contributed by atoms with Crippen LogP contribution in [0, 0.1) is 0 Å². The minimum atomic E-state index is -0.876. The van der Waals surface area contributed by atoms with Gasteiger partial charge in [-0.05, 0) is 35.4 Å². The van der Waals surface area contributed by atoms with E-state index in [0.29, 0.717) is 40.5 Å². The molecule has 22 heavy (non-hydrogen) atoms. The second-order valence-corrected chi connectivity index (χ2v) is 5.53. The Hall–Kier alpha value is -2.04. The van der Waals surface area contributed by atoms with Crippen LogP contribution >= 0.6 is 11.6 Å². The van der Waals surface area contributed by atoms with Crippen LogP contribution in [0.25, 0.3) is 0 Å². The lowest BCUT2D eigenvalue weighted by atomic mass is 9.93. The average molecular weight is 319 g/mol. The highest BCUT2D eigenvalue weighted by atomic mass is 35.5. The number of aliphatic hydroxyl groups is 1. The van der Waals surface area contributed by atoms with Crippen molar-refractivity contribution in [3.05, 3.63) is 63.7 Å². The Balaban J connectivity index is 2.09. The van der Waals surface area contributed by atoms with E-state index in [1.807, 2.05) is 0 Å². The molecule has 0 spiro atoms. The second kappa shape index (κ2) is 5.99. The molecule has 2 aromatic carbocycles. The fourth-order valence-corrected chi connectivity index (χ4v) is 2.86. The molecule has 1 atom stereocenters. The number of carbonyl (C=O) groups excluding carboxylic acids is 1. The van der Waals surface area contributed by atoms with Crippen LogP contribution in [-0.4, -0.2) is 24.8 Å². The molecule has 1 aliphatic heterocycles. The number of carbonyl (C=O) groups is 1. The number of halogens is 1. The largest absolute Gasteiger partial charge is 0.493 e. The van der Waals surface area contributed by atoms with Crippen molar-refractivity contribution >= 4 is 17.6 Å². The maximum absolute atomic E-state index is 11.8. The standard InChI is InChI=1S/C17H15ClO4/c1-21-17(20)11-8-14(13-5-6-22-15(13)9-11)16(19)10-3-2-4-12(18)7-10/h2-4,7-9,16,19H,5-6H2,1H3. The fraction of sp³-hybridized carbons (Fsp3) is 0.235. The van der Waals surface area contributed by atoms with Gasteiger partial charge in [0, 0.05) is 17.0 Å². The first-order valence-corrected chi connectivity index (χ1v) is 7.29. The van der Waals surface area contributed by atoms with Crippen molar-refractivity contribution in [3.63, 3.8) is 0 Å². The molecule has 0 aliphatic carbocycles. The van der Waals surface area contributed by atoms with Crippen molar-refractivity contribution in [2.45, 2.75) is 12.5 Å². The molecule has 0 amide bonds. The molecule has 1 heterocycles. The second-order valence-electron chi connectivity index (χ2n) is 5.09. The van der Waals surface area contributed by atoms with Gasteiger partial charge in [-0.3, -0.25) is 0 Å². The summed E-state index contributed by atoms with van der Waals surface area (Å²) in [5, 5.41) is 11.2. The summed E-state index contributed by atoms with van der Waals surface area (Å²) in [6.07, 6.45) is -0.178. The number of rotatable bonds is 3. The van der Waals surface area contributed by atoms with Crippen LogP contribution in [0.5, 0.6) is 5.75 Å². The summed E-state index contributed by atoms with van der Waals surface area (Å²) in [5.74, 6) is 0.164. The number of esters is 1. The highest BCUT2D eigenvalue weighted by Gasteiger charge is 2.25. The van der Waals surface area contributed by atoms with Crippen LogP contribution in [-0.2, 0) is 11.2 Å². The molecule has 1 unspecified atom stereocenters. The monoisotopic (exact) mass is 318 g/mol. The Kier molecular flexibility index (Phi) is 4.05. The summed E-state index contributed by atoms with van der Waals surface area (Å²) < 4.78 is 10.3. The number of hydrogen-bond donors (Lipinski definition) is 1. The molecule has 1 aliphatic rings. The van der Waals surface area contributed by atoms with E-state index in [-0.39, 0.29) is 0 Å². The lowest BCUT2D eigenvalue weighted by molar-refractivity contribution is 0.0600. The molecule has 0 radical (unpaired) electrons. The van der Waals surface area contributed by atoms with Crippen molar-refractivity contribution in [1.29, 1.82) is 0 Å². The maximum Gasteiger partial charge on any atom is 0.337 e. The third kappa shape index (κ3) is 2.67. The van der Waals surface area contributed by atoms with Crippen molar-refractivity contribution in [3.8, 4) is 5.75 Å². The van der Waals surface area contributed by atoms with Crippen molar-refractivity contribution < 1.29 is 19.4 Å². The highest BCUT2D eigenvalue weighted by Crippen LogP contribution is 2.36. The predicted octanol–water partition coefficient (Wildman–Crippen LogP) is 3.14. The highest BCUT2D eigenvalue weighted by molar-refractivity contribution is 6.30. The summed E-state index contributed by atoms with van der Waals surface area (Å²) in [6, 6.07) is 10.3. The molecule has 5 heteroatoms. The predicted molar refractivity (Wildman–Crippen MR) is 82.5 cm³/mol. The van der Waals surface area contributed by atoms with E-state index < -0.39 is 12.1 Å². The van der Waals surface area contributed by atoms with E-state index >= 15 is 0 Å². The molecule has 114 valence electrons. The molecule has 0 aromatic heterocycles. The zero-order chi connectivity index (χ0) is 15.7. The van der Waals surface area contributed by atoms with Gasteiger partial charge in [-0.2, -0.15) is 0 Å². The van der Waals surface area contributed by atoms with Crippen LogP contribution in [0.3, 0.4) is 0 Å². The van der Waals surface area contributed by atoms with E-state index in [4.69, 9.17) is 21.1 Å². The normalized spacial score (nSPS) is 14.1. The van der Waals surface area contributed by atoms with Crippen molar-refractivity contribution in [2.24, 2.45) is 0 Å². The topological polar surface area (TPSA) is 55.8 Å². The SMILES string of the molecule is COC(=O)c1cc2c(c(C(O)c3cccc(Cl)c3)c1)CCO2. The number of fused-ring (bicyclic) bond motifs is 1. The summed E-state index contributed by atoms with van der Waals surface area (Å²) in [5.41, 5.74) is 2.60. The van der Waals surface area contributed by atoms with Gasteiger partial charge in [0.25, 0.3) is 0 Å². The minimum Gasteiger partial charge on any atom is -0.493 e. The Morgan fingerprint density at radius 2 is 2.18 bits per heavy atom. The minimum absolute atomic E-state index is 0.360. The average Bonchev–Trinajstić information content (AvgIpc) is 3.00. The summed E-state index contributed by atoms with van der Waals surface area (Å²) >= 11 is 5.99. The third-order valence-electron chi connectivity index (χ3n) is 3.73. The number of benzene rings is 2. The zero-order valence-corrected chi connectivity index (χ0v) is 12.8. The van der Waals surface area contributed by atoms with E-state index in [0.717, 1.165) is 5.56 Å². The molecule has 0 fully saturated rings. The molecule has 0 saturated carbocycles. The molecule has 1 N–H and O–H groups in total. The third-order valence-corrected chi connectivity index (χ3v) is 3.97. The number of ether oxygens (including phenoxy) is 2. The Labute approximate surface area is 133 Å². The van der Waals surface area contributed by atoms with E-state index in [1.54, 1.807) is 36.4 Å². The van der Waals surface area contributed by atoms with E-state index in [9.17, 15) is 9.90 Å². The molecule has 2 aromatic rings. The van der Waals surface area contributed by atoms with Crippen molar-refractivity contribution in [1.82, 2.24) is 0 Å². The molecular weight excluding hydrogens is 304 g/mol. The molecule has 0 saturated heterocycles. The maximum atomic E-state index is 11.8. The smallest absolute Gasteiger partial charge is 0.337 e. The van der Waals surface area contributed by atoms with Crippen LogP contribution in [0.15, 0.2) is 36.4 Å².